The summed E-state index contributed by atoms with van der Waals surface area (Å²) >= 11 is 0. The van der Waals surface area contributed by atoms with Gasteiger partial charge in [-0.05, 0) is 36.3 Å². The number of ether oxygens (including phenoxy) is 3. The normalized spacial score (nSPS) is 14.4. The van der Waals surface area contributed by atoms with Crippen LogP contribution >= 0.6 is 0 Å². The highest BCUT2D eigenvalue weighted by Crippen LogP contribution is 2.49. The first-order valence-electron chi connectivity index (χ1n) is 13.4. The van der Waals surface area contributed by atoms with E-state index in [4.69, 9.17) is 14.2 Å². The number of aliphatic hydroxyl groups excluding tert-OH is 1. The minimum absolute atomic E-state index is 0.108. The van der Waals surface area contributed by atoms with E-state index in [1.165, 1.54) is 33.5 Å². The zero-order chi connectivity index (χ0) is 28.5. The first kappa shape index (κ1) is 25.8. The fourth-order valence-electron chi connectivity index (χ4n) is 6.48. The molecule has 206 valence electrons. The second-order valence-electron chi connectivity index (χ2n) is 10.5. The molecular formula is C32H31NO7. The summed E-state index contributed by atoms with van der Waals surface area (Å²) in [5, 5.41) is 29.4. The molecule has 40 heavy (non-hydrogen) atoms. The number of methoxy groups -OCH3 is 3. The molecule has 0 saturated heterocycles. The third kappa shape index (κ3) is 3.38. The van der Waals surface area contributed by atoms with Crippen molar-refractivity contribution in [3.8, 4) is 17.2 Å². The molecule has 0 bridgehead atoms. The molecule has 0 aromatic heterocycles. The lowest BCUT2D eigenvalue weighted by atomic mass is 9.83. The van der Waals surface area contributed by atoms with E-state index in [1.54, 1.807) is 0 Å². The van der Waals surface area contributed by atoms with Crippen LogP contribution in [-0.4, -0.2) is 38.1 Å². The molecule has 3 N–H and O–H groups in total. The van der Waals surface area contributed by atoms with Gasteiger partial charge in [0.15, 0.2) is 5.75 Å². The van der Waals surface area contributed by atoms with Gasteiger partial charge in [0, 0.05) is 52.2 Å². The van der Waals surface area contributed by atoms with Gasteiger partial charge >= 0.3 is 0 Å². The maximum Gasteiger partial charge on any atom is 0.232 e. The van der Waals surface area contributed by atoms with Crippen molar-refractivity contribution < 1.29 is 24.4 Å². The van der Waals surface area contributed by atoms with Crippen LogP contribution in [0.5, 0.6) is 17.2 Å². The van der Waals surface area contributed by atoms with Crippen LogP contribution in [0.3, 0.4) is 0 Å². The fourth-order valence-corrected chi connectivity index (χ4v) is 6.48. The first-order chi connectivity index (χ1) is 19.3. The van der Waals surface area contributed by atoms with E-state index in [2.05, 4.69) is 12.2 Å². The zero-order valence-corrected chi connectivity index (χ0v) is 23.2. The van der Waals surface area contributed by atoms with Crippen molar-refractivity contribution in [3.05, 3.63) is 65.8 Å². The number of aromatic hydroxyl groups is 1. The molecule has 0 radical (unpaired) electrons. The number of allylic oxidation sites excluding steroid dienone is 2. The van der Waals surface area contributed by atoms with Gasteiger partial charge in [0.2, 0.25) is 10.9 Å². The summed E-state index contributed by atoms with van der Waals surface area (Å²) in [5.41, 5.74) is 2.67. The maximum atomic E-state index is 14.2. The zero-order valence-electron chi connectivity index (χ0n) is 23.2. The van der Waals surface area contributed by atoms with Crippen molar-refractivity contribution in [1.82, 2.24) is 0 Å². The number of benzene rings is 4. The topological polar surface area (TPSA) is 114 Å². The Morgan fingerprint density at radius 1 is 0.850 bits per heavy atom. The van der Waals surface area contributed by atoms with Crippen molar-refractivity contribution in [2.45, 2.75) is 39.5 Å². The average molecular weight is 542 g/mol. The van der Waals surface area contributed by atoms with Gasteiger partial charge in [0.1, 0.15) is 23.0 Å². The molecule has 0 amide bonds. The molecule has 0 spiro atoms. The van der Waals surface area contributed by atoms with Crippen molar-refractivity contribution in [1.29, 1.82) is 0 Å². The van der Waals surface area contributed by atoms with Crippen LogP contribution in [-0.2, 0) is 17.6 Å². The molecule has 0 heterocycles. The van der Waals surface area contributed by atoms with Crippen LogP contribution in [0.2, 0.25) is 0 Å². The predicted molar refractivity (Wildman–Crippen MR) is 158 cm³/mol. The number of phenols is 1. The molecule has 0 atom stereocenters. The third-order valence-electron chi connectivity index (χ3n) is 8.15. The standard InChI is InChI=1S/C32H31NO7/c1-6-7-8-33-29-17-9-14(2)10-18-25-23-16(11-15(38-3)12-19(34)26(23)31(37)32(18)40-5)22-21(39-4)13-20(35)27(30(29)36)28(22)24(17)25/h10,12-13,33-35H,6-9,11H2,1-5H3. The molecule has 0 aliphatic heterocycles. The van der Waals surface area contributed by atoms with E-state index in [9.17, 15) is 19.8 Å². The molecule has 8 heteroatoms. The fraction of sp³-hybridized carbons (Fsp3) is 0.312. The molecular weight excluding hydrogens is 510 g/mol. The number of hydrogen-bond acceptors (Lipinski definition) is 8. The molecule has 0 saturated carbocycles. The van der Waals surface area contributed by atoms with Crippen LogP contribution in [0.15, 0.2) is 33.1 Å². The number of aliphatic hydroxyl groups is 1. The van der Waals surface area contributed by atoms with Crippen molar-refractivity contribution in [2.75, 3.05) is 33.2 Å². The molecule has 2 aliphatic rings. The number of anilines is 1. The van der Waals surface area contributed by atoms with Gasteiger partial charge in [0.25, 0.3) is 0 Å². The summed E-state index contributed by atoms with van der Waals surface area (Å²) in [5.74, 6) is 0.499. The third-order valence-corrected chi connectivity index (χ3v) is 8.15. The minimum atomic E-state index is -0.438. The number of phenolic OH excluding ortho intramolecular Hbond substituents is 1. The lowest BCUT2D eigenvalue weighted by Crippen LogP contribution is -2.30. The van der Waals surface area contributed by atoms with Crippen LogP contribution in [0.4, 0.5) is 5.69 Å². The van der Waals surface area contributed by atoms with Crippen molar-refractivity contribution in [2.24, 2.45) is 0 Å². The monoisotopic (exact) mass is 541 g/mol. The second kappa shape index (κ2) is 9.33. The molecule has 6 rings (SSSR count). The van der Waals surface area contributed by atoms with E-state index in [0.29, 0.717) is 62.8 Å². The Labute approximate surface area is 230 Å². The Balaban J connectivity index is 2.04. The molecule has 2 aliphatic carbocycles. The molecule has 4 aromatic rings. The van der Waals surface area contributed by atoms with E-state index in [1.807, 2.05) is 13.0 Å². The van der Waals surface area contributed by atoms with E-state index >= 15 is 0 Å². The first-order valence-corrected chi connectivity index (χ1v) is 13.4. The van der Waals surface area contributed by atoms with Crippen LogP contribution in [0.1, 0.15) is 43.4 Å². The molecule has 0 unspecified atom stereocenters. The summed E-state index contributed by atoms with van der Waals surface area (Å²) in [6.45, 7) is 4.63. The lowest BCUT2D eigenvalue weighted by Gasteiger charge is -2.23. The Kier molecular flexibility index (Phi) is 6.02. The van der Waals surface area contributed by atoms with Crippen LogP contribution < -0.4 is 30.9 Å². The molecule has 4 aromatic carbocycles. The Morgan fingerprint density at radius 2 is 1.62 bits per heavy atom. The van der Waals surface area contributed by atoms with Gasteiger partial charge in [-0.3, -0.25) is 9.59 Å². The van der Waals surface area contributed by atoms with Gasteiger partial charge in [-0.1, -0.05) is 25.0 Å². The molecule has 0 fully saturated rings. The minimum Gasteiger partial charge on any atom is -0.507 e. The van der Waals surface area contributed by atoms with Crippen molar-refractivity contribution >= 4 is 49.8 Å². The van der Waals surface area contributed by atoms with Gasteiger partial charge < -0.3 is 29.7 Å². The number of hydrogen-bond donors (Lipinski definition) is 3. The van der Waals surface area contributed by atoms with Gasteiger partial charge in [-0.25, -0.2) is 0 Å². The quantitative estimate of drug-likeness (QED) is 0.176. The number of nitrogens with one attached hydrogen (secondary N) is 1. The Hall–Kier alpha value is -4.46. The maximum absolute atomic E-state index is 14.2. The van der Waals surface area contributed by atoms with Crippen molar-refractivity contribution in [3.63, 3.8) is 0 Å². The summed E-state index contributed by atoms with van der Waals surface area (Å²) < 4.78 is 17.1. The average Bonchev–Trinajstić information content (AvgIpc) is 3.17. The SMILES string of the molecule is CCCCNc1c2c3c4c(c(OC)c(=O)c5c4c(c4c(OC)cc(O)c(c1=O)c43)CC(OC)=CC=5O)C=C(C)C2. The van der Waals surface area contributed by atoms with Crippen LogP contribution in [0, 0.1) is 0 Å². The van der Waals surface area contributed by atoms with Gasteiger partial charge in [-0.2, -0.15) is 0 Å². The highest BCUT2D eigenvalue weighted by Gasteiger charge is 2.32. The summed E-state index contributed by atoms with van der Waals surface area (Å²) in [4.78, 5) is 28.1. The molecule has 8 nitrogen and oxygen atoms in total. The largest absolute Gasteiger partial charge is 0.507 e. The van der Waals surface area contributed by atoms with E-state index < -0.39 is 5.43 Å². The van der Waals surface area contributed by atoms with Gasteiger partial charge in [-0.15, -0.1) is 0 Å². The predicted octanol–water partition coefficient (Wildman–Crippen LogP) is 4.67. The van der Waals surface area contributed by atoms with E-state index in [0.717, 1.165) is 29.4 Å². The highest BCUT2D eigenvalue weighted by molar-refractivity contribution is 6.30. The Bertz CT molecular complexity index is 1990. The lowest BCUT2D eigenvalue weighted by molar-refractivity contribution is 0.283. The highest BCUT2D eigenvalue weighted by atomic mass is 16.5. The van der Waals surface area contributed by atoms with Gasteiger partial charge in [0.05, 0.1) is 37.6 Å². The van der Waals surface area contributed by atoms with Crippen LogP contribution in [0.25, 0.3) is 44.2 Å². The second-order valence-corrected chi connectivity index (χ2v) is 10.5. The summed E-state index contributed by atoms with van der Waals surface area (Å²) in [6, 6.07) is 1.45. The number of rotatable bonds is 7. The van der Waals surface area contributed by atoms with E-state index in [-0.39, 0.29) is 39.7 Å². The summed E-state index contributed by atoms with van der Waals surface area (Å²) in [7, 11) is 4.45. The number of unbranched alkanes of at least 4 members (excludes halogenated alkanes) is 1. The number of fused-ring (bicyclic) bond motifs is 1. The summed E-state index contributed by atoms with van der Waals surface area (Å²) in [6.07, 6.45) is 5.87. The Morgan fingerprint density at radius 3 is 2.30 bits per heavy atom. The smallest absolute Gasteiger partial charge is 0.232 e.